The Kier molecular flexibility index (Phi) is 3.80. The van der Waals surface area contributed by atoms with Crippen LogP contribution in [0.25, 0.3) is 10.9 Å². The van der Waals surface area contributed by atoms with Gasteiger partial charge in [0.25, 0.3) is 0 Å². The molecule has 2 aromatic rings. The van der Waals surface area contributed by atoms with Gasteiger partial charge in [-0.2, -0.15) is 5.10 Å². The van der Waals surface area contributed by atoms with Crippen molar-refractivity contribution in [2.24, 2.45) is 0 Å². The summed E-state index contributed by atoms with van der Waals surface area (Å²) >= 11 is 5.79. The van der Waals surface area contributed by atoms with Gasteiger partial charge >= 0.3 is 0 Å². The minimum absolute atomic E-state index is 0.534. The predicted octanol–water partition coefficient (Wildman–Crippen LogP) is 2.81. The number of benzene rings is 1. The molecule has 0 saturated heterocycles. The summed E-state index contributed by atoms with van der Waals surface area (Å²) in [6.07, 6.45) is 3.04. The number of rotatable bonds is 5. The van der Waals surface area contributed by atoms with Gasteiger partial charge in [-0.1, -0.05) is 12.1 Å². The fourth-order valence-corrected chi connectivity index (χ4v) is 1.85. The minimum Gasteiger partial charge on any atom is -0.385 e. The molecule has 2 rings (SSSR count). The molecule has 0 unspecified atom stereocenters. The van der Waals surface area contributed by atoms with E-state index in [1.54, 1.807) is 7.11 Å². The molecule has 16 heavy (non-hydrogen) atoms. The smallest absolute Gasteiger partial charge is 0.0926 e. The van der Waals surface area contributed by atoms with E-state index in [0.717, 1.165) is 36.0 Å². The summed E-state index contributed by atoms with van der Waals surface area (Å²) in [5, 5.41) is 5.65. The molecule has 0 aliphatic rings. The second kappa shape index (κ2) is 5.32. The molecule has 0 radical (unpaired) electrons. The first kappa shape index (κ1) is 11.4. The summed E-state index contributed by atoms with van der Waals surface area (Å²) < 4.78 is 6.98. The fourth-order valence-electron chi connectivity index (χ4n) is 1.68. The monoisotopic (exact) mass is 238 g/mol. The molecule has 1 aromatic carbocycles. The SMILES string of the molecule is COCCCn1cc2ccc(CCl)cc2n1. The van der Waals surface area contributed by atoms with Crippen molar-refractivity contribution < 1.29 is 4.74 Å². The molecule has 0 bridgehead atoms. The van der Waals surface area contributed by atoms with Crippen LogP contribution in [0.1, 0.15) is 12.0 Å². The molecular weight excluding hydrogens is 224 g/mol. The first-order valence-corrected chi connectivity index (χ1v) is 5.88. The van der Waals surface area contributed by atoms with Gasteiger partial charge in [-0.25, -0.2) is 0 Å². The number of hydrogen-bond donors (Lipinski definition) is 0. The predicted molar refractivity (Wildman–Crippen MR) is 65.8 cm³/mol. The van der Waals surface area contributed by atoms with Crippen LogP contribution in [0.15, 0.2) is 24.4 Å². The molecule has 0 fully saturated rings. The number of methoxy groups -OCH3 is 1. The Morgan fingerprint density at radius 1 is 1.44 bits per heavy atom. The first-order chi connectivity index (χ1) is 7.83. The zero-order valence-electron chi connectivity index (χ0n) is 9.32. The average Bonchev–Trinajstić information content (AvgIpc) is 2.70. The molecule has 4 heteroatoms. The number of nitrogens with zero attached hydrogens (tertiary/aromatic N) is 2. The normalized spacial score (nSPS) is 11.1. The van der Waals surface area contributed by atoms with E-state index < -0.39 is 0 Å². The lowest BCUT2D eigenvalue weighted by molar-refractivity contribution is 0.189. The molecule has 0 N–H and O–H groups in total. The Bertz CT molecular complexity index is 467. The summed E-state index contributed by atoms with van der Waals surface area (Å²) in [5.41, 5.74) is 2.12. The lowest BCUT2D eigenvalue weighted by atomic mass is 10.2. The summed E-state index contributed by atoms with van der Waals surface area (Å²) in [6, 6.07) is 6.14. The zero-order chi connectivity index (χ0) is 11.4. The quantitative estimate of drug-likeness (QED) is 0.592. The molecule has 0 aliphatic carbocycles. The van der Waals surface area contributed by atoms with Gasteiger partial charge in [-0.15, -0.1) is 11.6 Å². The van der Waals surface area contributed by atoms with Crippen molar-refractivity contribution >= 4 is 22.5 Å². The van der Waals surface area contributed by atoms with Crippen LogP contribution in [-0.2, 0) is 17.2 Å². The van der Waals surface area contributed by atoms with E-state index >= 15 is 0 Å². The highest BCUT2D eigenvalue weighted by molar-refractivity contribution is 6.17. The van der Waals surface area contributed by atoms with E-state index in [2.05, 4.69) is 17.4 Å². The number of aromatic nitrogens is 2. The molecule has 3 nitrogen and oxygen atoms in total. The summed E-state index contributed by atoms with van der Waals surface area (Å²) in [6.45, 7) is 1.65. The second-order valence-corrected chi connectivity index (χ2v) is 4.03. The Balaban J connectivity index is 2.16. The van der Waals surface area contributed by atoms with Crippen molar-refractivity contribution in [3.63, 3.8) is 0 Å². The number of hydrogen-bond acceptors (Lipinski definition) is 2. The van der Waals surface area contributed by atoms with Gasteiger partial charge in [-0.05, 0) is 18.1 Å². The van der Waals surface area contributed by atoms with Crippen LogP contribution in [0.5, 0.6) is 0 Å². The third-order valence-electron chi connectivity index (χ3n) is 2.51. The van der Waals surface area contributed by atoms with Gasteiger partial charge in [0.1, 0.15) is 0 Å². The fraction of sp³-hybridized carbons (Fsp3) is 0.417. The highest BCUT2D eigenvalue weighted by Crippen LogP contribution is 2.15. The van der Waals surface area contributed by atoms with Gasteiger partial charge < -0.3 is 4.74 Å². The topological polar surface area (TPSA) is 27.1 Å². The molecule has 0 spiro atoms. The molecule has 0 saturated carbocycles. The maximum Gasteiger partial charge on any atom is 0.0926 e. The third kappa shape index (κ3) is 2.54. The van der Waals surface area contributed by atoms with Gasteiger partial charge in [-0.3, -0.25) is 4.68 Å². The van der Waals surface area contributed by atoms with E-state index in [-0.39, 0.29) is 0 Å². The van der Waals surface area contributed by atoms with E-state index in [9.17, 15) is 0 Å². The molecule has 0 aliphatic heterocycles. The third-order valence-corrected chi connectivity index (χ3v) is 2.82. The van der Waals surface area contributed by atoms with Crippen LogP contribution in [-0.4, -0.2) is 23.5 Å². The molecule has 0 atom stereocenters. The summed E-state index contributed by atoms with van der Waals surface area (Å²) in [4.78, 5) is 0. The number of alkyl halides is 1. The van der Waals surface area contributed by atoms with Gasteiger partial charge in [0.2, 0.25) is 0 Å². The molecule has 86 valence electrons. The zero-order valence-corrected chi connectivity index (χ0v) is 10.1. The lowest BCUT2D eigenvalue weighted by Gasteiger charge is -1.99. The molecular formula is C12H15ClN2O. The van der Waals surface area contributed by atoms with Crippen molar-refractivity contribution in [3.8, 4) is 0 Å². The Morgan fingerprint density at radius 3 is 3.06 bits per heavy atom. The van der Waals surface area contributed by atoms with E-state index in [0.29, 0.717) is 5.88 Å². The van der Waals surface area contributed by atoms with Crippen LogP contribution in [0.2, 0.25) is 0 Å². The van der Waals surface area contributed by atoms with Crippen molar-refractivity contribution in [1.29, 1.82) is 0 Å². The van der Waals surface area contributed by atoms with Gasteiger partial charge in [0.05, 0.1) is 5.52 Å². The van der Waals surface area contributed by atoms with Crippen LogP contribution < -0.4 is 0 Å². The largest absolute Gasteiger partial charge is 0.385 e. The van der Waals surface area contributed by atoms with E-state index in [1.807, 2.05) is 16.8 Å². The molecule has 1 heterocycles. The maximum absolute atomic E-state index is 5.79. The van der Waals surface area contributed by atoms with Crippen molar-refractivity contribution in [1.82, 2.24) is 9.78 Å². The van der Waals surface area contributed by atoms with Crippen LogP contribution >= 0.6 is 11.6 Å². The minimum atomic E-state index is 0.534. The van der Waals surface area contributed by atoms with Gasteiger partial charge in [0, 0.05) is 37.7 Å². The average molecular weight is 239 g/mol. The molecule has 1 aromatic heterocycles. The lowest BCUT2D eigenvalue weighted by Crippen LogP contribution is -2.01. The Labute approximate surface area is 100.0 Å². The Morgan fingerprint density at radius 2 is 2.31 bits per heavy atom. The molecule has 0 amide bonds. The van der Waals surface area contributed by atoms with Crippen molar-refractivity contribution in [2.45, 2.75) is 18.8 Å². The number of halogens is 1. The maximum atomic E-state index is 5.79. The van der Waals surface area contributed by atoms with Crippen LogP contribution in [0, 0.1) is 0 Å². The second-order valence-electron chi connectivity index (χ2n) is 3.77. The Hall–Kier alpha value is -1.06. The highest BCUT2D eigenvalue weighted by atomic mass is 35.5. The van der Waals surface area contributed by atoms with E-state index in [4.69, 9.17) is 16.3 Å². The standard InChI is InChI=1S/C12H15ClN2O/c1-16-6-2-5-15-9-11-4-3-10(8-13)7-12(11)14-15/h3-4,7,9H,2,5-6,8H2,1H3. The van der Waals surface area contributed by atoms with Crippen molar-refractivity contribution in [2.75, 3.05) is 13.7 Å². The summed E-state index contributed by atoms with van der Waals surface area (Å²) in [5.74, 6) is 0.534. The van der Waals surface area contributed by atoms with E-state index in [1.165, 1.54) is 0 Å². The van der Waals surface area contributed by atoms with Crippen molar-refractivity contribution in [3.05, 3.63) is 30.0 Å². The van der Waals surface area contributed by atoms with Crippen LogP contribution in [0.3, 0.4) is 0 Å². The number of ether oxygens (including phenoxy) is 1. The first-order valence-electron chi connectivity index (χ1n) is 5.34. The van der Waals surface area contributed by atoms with Gasteiger partial charge in [0.15, 0.2) is 0 Å². The number of fused-ring (bicyclic) bond motifs is 1. The number of aryl methyl sites for hydroxylation is 1. The van der Waals surface area contributed by atoms with Crippen LogP contribution in [0.4, 0.5) is 0 Å². The summed E-state index contributed by atoms with van der Waals surface area (Å²) in [7, 11) is 1.71. The highest BCUT2D eigenvalue weighted by Gasteiger charge is 2.01.